The fraction of sp³-hybridized carbons (Fsp3) is 0.895. The standard InChI is InChI=1S/C16H33.C3H4O4.Na/c1-4-6-8-9-10-11-12-13-15-16(3)14-7-5-2;4-2(5)1-3(6)7;/h4-15H2,1-3H3;1H2,(H,4,5)(H,6,7);. The summed E-state index contributed by atoms with van der Waals surface area (Å²) in [6.45, 7) is 7.12. The number of carboxylic acid groups (broad SMARTS) is 2. The fourth-order valence-electron chi connectivity index (χ4n) is 2.65. The molecule has 138 valence electrons. The van der Waals surface area contributed by atoms with Crippen LogP contribution in [-0.2, 0) is 9.59 Å². The van der Waals surface area contributed by atoms with Crippen molar-refractivity contribution in [2.75, 3.05) is 0 Å². The Morgan fingerprint density at radius 1 is 0.750 bits per heavy atom. The van der Waals surface area contributed by atoms with Crippen molar-refractivity contribution in [2.45, 2.75) is 107 Å². The number of unbranched alkanes of at least 4 members (excludes halogenated alkanes) is 8. The minimum absolute atomic E-state index is 0.734. The maximum Gasteiger partial charge on any atom is 0.314 e. The first-order valence-electron chi connectivity index (χ1n) is 9.68. The van der Waals surface area contributed by atoms with E-state index in [1.807, 2.05) is 0 Å². The van der Waals surface area contributed by atoms with Crippen molar-refractivity contribution < 1.29 is 19.8 Å². The molecule has 0 aliphatic heterocycles. The van der Waals surface area contributed by atoms with Gasteiger partial charge in [-0.2, -0.15) is 0 Å². The van der Waals surface area contributed by atoms with Crippen LogP contribution >= 0.6 is 0 Å². The third kappa shape index (κ3) is 24.2. The molecular weight excluding hydrogens is 315 g/mol. The van der Waals surface area contributed by atoms with Crippen LogP contribution in [0.2, 0.25) is 2.66 Å². The molecule has 0 bridgehead atoms. The molecule has 0 aromatic heterocycles. The summed E-state index contributed by atoms with van der Waals surface area (Å²) in [5, 5.41) is 15.4. The van der Waals surface area contributed by atoms with Crippen molar-refractivity contribution in [2.24, 2.45) is 0 Å². The van der Waals surface area contributed by atoms with E-state index < -0.39 is 18.4 Å². The molecule has 0 aliphatic rings. The van der Waals surface area contributed by atoms with E-state index in [1.54, 1.807) is 0 Å². The quantitative estimate of drug-likeness (QED) is 0.242. The Bertz CT molecular complexity index is 304. The van der Waals surface area contributed by atoms with Gasteiger partial charge in [-0.1, -0.05) is 0 Å². The van der Waals surface area contributed by atoms with Crippen molar-refractivity contribution >= 4 is 39.9 Å². The third-order valence-electron chi connectivity index (χ3n) is 4.22. The van der Waals surface area contributed by atoms with Gasteiger partial charge in [0.15, 0.2) is 0 Å². The first-order chi connectivity index (χ1) is 11.2. The van der Waals surface area contributed by atoms with Crippen molar-refractivity contribution in [3.8, 4) is 0 Å². The summed E-state index contributed by atoms with van der Waals surface area (Å²) < 4.78 is 0.734. The number of hydrogen-bond donors (Lipinski definition) is 2. The predicted molar refractivity (Wildman–Crippen MR) is 101 cm³/mol. The van der Waals surface area contributed by atoms with Gasteiger partial charge in [0.2, 0.25) is 0 Å². The van der Waals surface area contributed by atoms with E-state index in [2.05, 4.69) is 20.8 Å². The molecule has 1 atom stereocenters. The van der Waals surface area contributed by atoms with Crippen LogP contribution in [0, 0.1) is 0 Å². The van der Waals surface area contributed by atoms with Gasteiger partial charge in [0, 0.05) is 0 Å². The van der Waals surface area contributed by atoms with Crippen LogP contribution in [-0.4, -0.2) is 50.1 Å². The molecule has 0 spiro atoms. The Kier molecular flexibility index (Phi) is 19.4. The van der Waals surface area contributed by atoms with Gasteiger partial charge in [-0.3, -0.25) is 9.59 Å². The monoisotopic (exact) mass is 352 g/mol. The number of carbonyl (C=O) groups is 2. The van der Waals surface area contributed by atoms with Crippen LogP contribution in [0.1, 0.15) is 104 Å². The Labute approximate surface area is 166 Å². The average Bonchev–Trinajstić information content (AvgIpc) is 2.47. The van der Waals surface area contributed by atoms with Crippen molar-refractivity contribution in [1.82, 2.24) is 0 Å². The first-order valence-corrected chi connectivity index (χ1v) is 10.7. The van der Waals surface area contributed by atoms with E-state index in [-0.39, 0.29) is 0 Å². The van der Waals surface area contributed by atoms with Gasteiger partial charge in [0.05, 0.1) is 0 Å². The molecule has 0 aromatic carbocycles. The average molecular weight is 352 g/mol. The molecule has 0 aromatic rings. The summed E-state index contributed by atoms with van der Waals surface area (Å²) in [6.07, 6.45) is 16.7. The maximum atomic E-state index is 9.43. The van der Waals surface area contributed by atoms with Crippen molar-refractivity contribution in [1.29, 1.82) is 0 Å². The molecule has 24 heavy (non-hydrogen) atoms. The zero-order valence-electron chi connectivity index (χ0n) is 16.4. The van der Waals surface area contributed by atoms with Crippen molar-refractivity contribution in [3.63, 3.8) is 0 Å². The van der Waals surface area contributed by atoms with E-state index in [9.17, 15) is 9.59 Å². The third-order valence-corrected chi connectivity index (χ3v) is 5.22. The molecule has 0 amide bonds. The number of carboxylic acids is 2. The van der Waals surface area contributed by atoms with Gasteiger partial charge in [0.25, 0.3) is 0 Å². The van der Waals surface area contributed by atoms with Gasteiger partial charge in [-0.05, 0) is 0 Å². The molecule has 0 saturated carbocycles. The molecule has 1 unspecified atom stereocenters. The summed E-state index contributed by atoms with van der Waals surface area (Å²) in [5.41, 5.74) is 0. The zero-order chi connectivity index (χ0) is 18.8. The normalized spacial score (nSPS) is 12.9. The zero-order valence-corrected chi connectivity index (χ0v) is 18.4. The van der Waals surface area contributed by atoms with Crippen LogP contribution in [0.3, 0.4) is 0 Å². The van der Waals surface area contributed by atoms with Gasteiger partial charge in [0.1, 0.15) is 6.42 Å². The molecule has 0 fully saturated rings. The van der Waals surface area contributed by atoms with Crippen LogP contribution in [0.5, 0.6) is 0 Å². The Morgan fingerprint density at radius 3 is 1.50 bits per heavy atom. The van der Waals surface area contributed by atoms with Gasteiger partial charge in [-0.15, -0.1) is 0 Å². The first kappa shape index (κ1) is 26.2. The smallest absolute Gasteiger partial charge is 0.314 e. The van der Waals surface area contributed by atoms with Crippen LogP contribution in [0.25, 0.3) is 0 Å². The molecule has 2 N–H and O–H groups in total. The fourth-order valence-corrected chi connectivity index (χ4v) is 3.35. The van der Waals surface area contributed by atoms with E-state index in [0.29, 0.717) is 0 Å². The topological polar surface area (TPSA) is 74.6 Å². The summed E-state index contributed by atoms with van der Waals surface area (Å²) in [6, 6.07) is 0. The van der Waals surface area contributed by atoms with E-state index in [4.69, 9.17) is 10.2 Å². The molecule has 0 radical (unpaired) electrons. The van der Waals surface area contributed by atoms with E-state index in [1.165, 1.54) is 105 Å². The largest absolute Gasteiger partial charge is 0.481 e. The second-order valence-corrected chi connectivity index (χ2v) is 9.87. The molecule has 0 aliphatic carbocycles. The summed E-state index contributed by atoms with van der Waals surface area (Å²) in [4.78, 5) is 18.9. The number of aliphatic carboxylic acids is 2. The second kappa shape index (κ2) is 17.8. The molecule has 0 rings (SSSR count). The molecule has 0 saturated heterocycles. The van der Waals surface area contributed by atoms with Crippen LogP contribution in [0.4, 0.5) is 0 Å². The molecule has 5 heteroatoms. The van der Waals surface area contributed by atoms with Gasteiger partial charge in [-0.25, -0.2) is 0 Å². The Balaban J connectivity index is 0. The Morgan fingerprint density at radius 2 is 1.12 bits per heavy atom. The van der Waals surface area contributed by atoms with Crippen LogP contribution in [0.15, 0.2) is 0 Å². The minimum Gasteiger partial charge on any atom is -0.481 e. The Hall–Kier alpha value is -0.0600. The van der Waals surface area contributed by atoms with Crippen molar-refractivity contribution in [3.05, 3.63) is 0 Å². The molecular formula is C19H37NaO4. The summed E-state index contributed by atoms with van der Waals surface area (Å²) in [5.74, 6) is -2.62. The second-order valence-electron chi connectivity index (χ2n) is 7.46. The predicted octanol–water partition coefficient (Wildman–Crippen LogP) is 5.60. The molecule has 4 nitrogen and oxygen atoms in total. The summed E-state index contributed by atoms with van der Waals surface area (Å²) in [7, 11) is 0. The van der Waals surface area contributed by atoms with Gasteiger partial charge >= 0.3 is 140 Å². The SMILES string of the molecule is CCCCCCCCCC[C](C)([Na])CCCC.O=C(O)CC(=O)O. The van der Waals surface area contributed by atoms with Gasteiger partial charge < -0.3 is 10.2 Å². The van der Waals surface area contributed by atoms with E-state index in [0.717, 1.165) is 2.66 Å². The maximum absolute atomic E-state index is 9.43. The van der Waals surface area contributed by atoms with E-state index >= 15 is 0 Å². The number of rotatable bonds is 14. The number of hydrogen-bond acceptors (Lipinski definition) is 2. The minimum atomic E-state index is -1.31. The molecule has 0 heterocycles. The van der Waals surface area contributed by atoms with Crippen LogP contribution < -0.4 is 0 Å². The summed E-state index contributed by atoms with van der Waals surface area (Å²) >= 11 is 1.38.